The summed E-state index contributed by atoms with van der Waals surface area (Å²) in [7, 11) is 0. The number of Topliss-reactive ketones (excluding diaryl/α,β-unsaturated/α-hetero) is 1. The lowest BCUT2D eigenvalue weighted by Crippen LogP contribution is -2.22. The van der Waals surface area contributed by atoms with Crippen molar-refractivity contribution in [3.63, 3.8) is 0 Å². The van der Waals surface area contributed by atoms with E-state index in [9.17, 15) is 4.79 Å². The number of hydrogen-bond acceptors (Lipinski definition) is 3. The Hall–Kier alpha value is -0.410. The van der Waals surface area contributed by atoms with Crippen molar-refractivity contribution < 1.29 is 9.53 Å². The third kappa shape index (κ3) is 3.49. The zero-order valence-corrected chi connectivity index (χ0v) is 6.93. The normalized spacial score (nSPS) is 23.9. The Bertz CT molecular complexity index is 130. The third-order valence-corrected chi connectivity index (χ3v) is 1.79. The average Bonchev–Trinajstić information content (AvgIpc) is 2.39. The van der Waals surface area contributed by atoms with Crippen molar-refractivity contribution in [2.24, 2.45) is 0 Å². The van der Waals surface area contributed by atoms with E-state index in [-0.39, 0.29) is 12.0 Å². The SMILES string of the molecule is CC(=O)CCCC1NCCO1. The van der Waals surface area contributed by atoms with Gasteiger partial charge in [-0.15, -0.1) is 0 Å². The maximum absolute atomic E-state index is 10.6. The highest BCUT2D eigenvalue weighted by molar-refractivity contribution is 5.75. The van der Waals surface area contributed by atoms with E-state index in [0.717, 1.165) is 26.0 Å². The molecule has 1 atom stereocenters. The van der Waals surface area contributed by atoms with E-state index in [4.69, 9.17) is 4.74 Å². The molecule has 1 saturated heterocycles. The zero-order chi connectivity index (χ0) is 8.10. The number of ether oxygens (including phenoxy) is 1. The average molecular weight is 157 g/mol. The third-order valence-electron chi connectivity index (χ3n) is 1.79. The van der Waals surface area contributed by atoms with Gasteiger partial charge in [0.25, 0.3) is 0 Å². The van der Waals surface area contributed by atoms with Gasteiger partial charge in [0.05, 0.1) is 6.61 Å². The molecule has 3 heteroatoms. The fourth-order valence-corrected chi connectivity index (χ4v) is 1.20. The molecular weight excluding hydrogens is 142 g/mol. The van der Waals surface area contributed by atoms with Crippen molar-refractivity contribution in [2.75, 3.05) is 13.2 Å². The monoisotopic (exact) mass is 157 g/mol. The quantitative estimate of drug-likeness (QED) is 0.652. The molecule has 1 fully saturated rings. The van der Waals surface area contributed by atoms with Crippen LogP contribution in [0, 0.1) is 0 Å². The van der Waals surface area contributed by atoms with Gasteiger partial charge in [-0.3, -0.25) is 5.32 Å². The van der Waals surface area contributed by atoms with Crippen LogP contribution in [-0.2, 0) is 9.53 Å². The molecule has 11 heavy (non-hydrogen) atoms. The highest BCUT2D eigenvalue weighted by atomic mass is 16.5. The molecule has 3 nitrogen and oxygen atoms in total. The first-order valence-electron chi connectivity index (χ1n) is 4.13. The number of nitrogens with one attached hydrogen (secondary N) is 1. The van der Waals surface area contributed by atoms with Crippen LogP contribution in [0.15, 0.2) is 0 Å². The maximum Gasteiger partial charge on any atom is 0.129 e. The molecular formula is C8H15NO2. The summed E-state index contributed by atoms with van der Waals surface area (Å²) in [4.78, 5) is 10.6. The molecule has 1 heterocycles. The molecule has 0 amide bonds. The minimum absolute atomic E-state index is 0.203. The van der Waals surface area contributed by atoms with E-state index >= 15 is 0 Å². The lowest BCUT2D eigenvalue weighted by molar-refractivity contribution is -0.117. The largest absolute Gasteiger partial charge is 0.362 e. The van der Waals surface area contributed by atoms with Crippen LogP contribution < -0.4 is 5.32 Å². The van der Waals surface area contributed by atoms with E-state index in [1.54, 1.807) is 6.92 Å². The van der Waals surface area contributed by atoms with Gasteiger partial charge >= 0.3 is 0 Å². The summed E-state index contributed by atoms with van der Waals surface area (Å²) in [5.41, 5.74) is 0. The Kier molecular flexibility index (Phi) is 3.52. The van der Waals surface area contributed by atoms with Gasteiger partial charge in [0.2, 0.25) is 0 Å². The van der Waals surface area contributed by atoms with E-state index in [1.165, 1.54) is 0 Å². The van der Waals surface area contributed by atoms with E-state index in [0.29, 0.717) is 6.42 Å². The Balaban J connectivity index is 1.98. The van der Waals surface area contributed by atoms with Crippen LogP contribution in [0.5, 0.6) is 0 Å². The maximum atomic E-state index is 10.6. The first-order valence-corrected chi connectivity index (χ1v) is 4.13. The summed E-state index contributed by atoms with van der Waals surface area (Å²) in [6.07, 6.45) is 2.78. The Labute approximate surface area is 67.1 Å². The van der Waals surface area contributed by atoms with Crippen LogP contribution in [0.3, 0.4) is 0 Å². The Morgan fingerprint density at radius 2 is 2.55 bits per heavy atom. The summed E-state index contributed by atoms with van der Waals surface area (Å²) in [5.74, 6) is 0.267. The smallest absolute Gasteiger partial charge is 0.129 e. The fourth-order valence-electron chi connectivity index (χ4n) is 1.20. The molecule has 1 N–H and O–H groups in total. The summed E-state index contributed by atoms with van der Waals surface area (Å²) in [6, 6.07) is 0. The van der Waals surface area contributed by atoms with Gasteiger partial charge < -0.3 is 9.53 Å². The molecule has 0 radical (unpaired) electrons. The first-order chi connectivity index (χ1) is 5.29. The van der Waals surface area contributed by atoms with Gasteiger partial charge in [-0.2, -0.15) is 0 Å². The van der Waals surface area contributed by atoms with Crippen molar-refractivity contribution in [3.8, 4) is 0 Å². The highest BCUT2D eigenvalue weighted by Gasteiger charge is 2.13. The van der Waals surface area contributed by atoms with Crippen molar-refractivity contribution >= 4 is 5.78 Å². The summed E-state index contributed by atoms with van der Waals surface area (Å²) in [6.45, 7) is 3.39. The summed E-state index contributed by atoms with van der Waals surface area (Å²) < 4.78 is 5.31. The number of ketones is 1. The van der Waals surface area contributed by atoms with Gasteiger partial charge in [0.15, 0.2) is 0 Å². The summed E-state index contributed by atoms with van der Waals surface area (Å²) in [5, 5.41) is 3.20. The predicted molar refractivity (Wildman–Crippen MR) is 42.3 cm³/mol. The van der Waals surface area contributed by atoms with Crippen molar-refractivity contribution in [1.29, 1.82) is 0 Å². The first kappa shape index (κ1) is 8.68. The van der Waals surface area contributed by atoms with Gasteiger partial charge in [0.1, 0.15) is 12.0 Å². The van der Waals surface area contributed by atoms with E-state index in [2.05, 4.69) is 5.32 Å². The molecule has 0 bridgehead atoms. The van der Waals surface area contributed by atoms with E-state index < -0.39 is 0 Å². The number of rotatable bonds is 4. The van der Waals surface area contributed by atoms with Crippen LogP contribution in [0.1, 0.15) is 26.2 Å². The minimum atomic E-state index is 0.203. The molecule has 0 aromatic heterocycles. The second kappa shape index (κ2) is 4.46. The van der Waals surface area contributed by atoms with Crippen LogP contribution in [-0.4, -0.2) is 25.2 Å². The highest BCUT2D eigenvalue weighted by Crippen LogP contribution is 2.05. The second-order valence-electron chi connectivity index (χ2n) is 2.91. The lowest BCUT2D eigenvalue weighted by atomic mass is 10.2. The molecule has 1 unspecified atom stereocenters. The van der Waals surface area contributed by atoms with E-state index in [1.807, 2.05) is 0 Å². The number of carbonyl (C=O) groups is 1. The van der Waals surface area contributed by atoms with Crippen molar-refractivity contribution in [1.82, 2.24) is 5.32 Å². The molecule has 1 aliphatic heterocycles. The molecule has 1 aliphatic rings. The van der Waals surface area contributed by atoms with Crippen LogP contribution in [0.4, 0.5) is 0 Å². The van der Waals surface area contributed by atoms with Crippen LogP contribution in [0.25, 0.3) is 0 Å². The number of hydrogen-bond donors (Lipinski definition) is 1. The standard InChI is InChI=1S/C8H15NO2/c1-7(10)3-2-4-8-9-5-6-11-8/h8-9H,2-6H2,1H3. The van der Waals surface area contributed by atoms with Gasteiger partial charge in [-0.1, -0.05) is 0 Å². The minimum Gasteiger partial charge on any atom is -0.362 e. The molecule has 0 aromatic carbocycles. The van der Waals surface area contributed by atoms with Crippen LogP contribution in [0.2, 0.25) is 0 Å². The lowest BCUT2D eigenvalue weighted by Gasteiger charge is -2.07. The number of carbonyl (C=O) groups excluding carboxylic acids is 1. The van der Waals surface area contributed by atoms with Gasteiger partial charge in [-0.25, -0.2) is 0 Å². The fraction of sp³-hybridized carbons (Fsp3) is 0.875. The molecule has 0 saturated carbocycles. The van der Waals surface area contributed by atoms with Crippen molar-refractivity contribution in [3.05, 3.63) is 0 Å². The molecule has 64 valence electrons. The molecule has 0 spiro atoms. The molecule has 0 aromatic rings. The zero-order valence-electron chi connectivity index (χ0n) is 6.93. The summed E-state index contributed by atoms with van der Waals surface area (Å²) >= 11 is 0. The van der Waals surface area contributed by atoms with Gasteiger partial charge in [0, 0.05) is 13.0 Å². The van der Waals surface area contributed by atoms with Gasteiger partial charge in [-0.05, 0) is 19.8 Å². The molecule has 1 rings (SSSR count). The van der Waals surface area contributed by atoms with Crippen LogP contribution >= 0.6 is 0 Å². The predicted octanol–water partition coefficient (Wildman–Crippen LogP) is 0.692. The Morgan fingerprint density at radius 1 is 1.73 bits per heavy atom. The topological polar surface area (TPSA) is 38.3 Å². The Morgan fingerprint density at radius 3 is 3.09 bits per heavy atom. The van der Waals surface area contributed by atoms with Crippen molar-refractivity contribution in [2.45, 2.75) is 32.4 Å². The molecule has 0 aliphatic carbocycles. The second-order valence-corrected chi connectivity index (χ2v) is 2.91.